The molecule has 1 fully saturated rings. The minimum absolute atomic E-state index is 0.0487. The number of carbonyl (C=O) groups is 1. The fraction of sp³-hybridized carbons (Fsp3) is 0.533. The van der Waals surface area contributed by atoms with Crippen LogP contribution < -0.4 is 10.6 Å². The molecule has 2 rings (SSSR count). The van der Waals surface area contributed by atoms with Crippen LogP contribution in [0.15, 0.2) is 18.2 Å². The smallest absolute Gasteiger partial charge is 0.238 e. The highest BCUT2D eigenvalue weighted by Crippen LogP contribution is 2.30. The average Bonchev–Trinajstić information content (AvgIpc) is 2.49. The Balaban J connectivity index is 2.23. The molecule has 6 heteroatoms. The third-order valence-corrected chi connectivity index (χ3v) is 3.88. The van der Waals surface area contributed by atoms with Gasteiger partial charge in [-0.1, -0.05) is 0 Å². The number of phenols is 1. The number of nitrogens with zero attached hydrogens (tertiary/aromatic N) is 1. The first-order valence-corrected chi connectivity index (χ1v) is 7.27. The first kappa shape index (κ1) is 15.7. The average molecular weight is 295 g/mol. The Morgan fingerprint density at radius 2 is 2.38 bits per heavy atom. The maximum atomic E-state index is 13.4. The van der Waals surface area contributed by atoms with Gasteiger partial charge in [-0.25, -0.2) is 4.39 Å². The zero-order chi connectivity index (χ0) is 15.4. The predicted molar refractivity (Wildman–Crippen MR) is 78.5 cm³/mol. The molecular formula is C15H22FN3O2. The van der Waals surface area contributed by atoms with E-state index in [2.05, 4.69) is 10.6 Å². The van der Waals surface area contributed by atoms with Gasteiger partial charge in [-0.2, -0.15) is 0 Å². The van der Waals surface area contributed by atoms with Gasteiger partial charge in [-0.3, -0.25) is 9.69 Å². The summed E-state index contributed by atoms with van der Waals surface area (Å²) in [4.78, 5) is 14.2. The number of amides is 1. The summed E-state index contributed by atoms with van der Waals surface area (Å²) < 4.78 is 13.4. The Labute approximate surface area is 124 Å². The van der Waals surface area contributed by atoms with Crippen molar-refractivity contribution in [2.45, 2.75) is 25.9 Å². The van der Waals surface area contributed by atoms with Crippen LogP contribution in [-0.4, -0.2) is 48.1 Å². The van der Waals surface area contributed by atoms with E-state index in [-0.39, 0.29) is 29.6 Å². The van der Waals surface area contributed by atoms with Gasteiger partial charge in [0.15, 0.2) is 0 Å². The number of hydrogen-bond donors (Lipinski definition) is 3. The second-order valence-electron chi connectivity index (χ2n) is 5.23. The molecular weight excluding hydrogens is 273 g/mol. The maximum Gasteiger partial charge on any atom is 0.238 e. The standard InChI is InChI=1S/C15H22FN3O2/c1-3-18-15(21)13-9-17-6-7-19(13)10(2)12-8-11(16)4-5-14(12)20/h4-5,8,10,13,17,20H,3,6-7,9H2,1-2H3,(H,18,21). The monoisotopic (exact) mass is 295 g/mol. The molecule has 116 valence electrons. The summed E-state index contributed by atoms with van der Waals surface area (Å²) in [7, 11) is 0. The summed E-state index contributed by atoms with van der Waals surface area (Å²) in [6, 6.07) is 3.35. The van der Waals surface area contributed by atoms with Crippen molar-refractivity contribution in [3.63, 3.8) is 0 Å². The molecule has 2 unspecified atom stereocenters. The second-order valence-corrected chi connectivity index (χ2v) is 5.23. The van der Waals surface area contributed by atoms with Crippen LogP contribution >= 0.6 is 0 Å². The Morgan fingerprint density at radius 3 is 3.10 bits per heavy atom. The first-order valence-electron chi connectivity index (χ1n) is 7.27. The molecule has 0 radical (unpaired) electrons. The highest BCUT2D eigenvalue weighted by molar-refractivity contribution is 5.82. The summed E-state index contributed by atoms with van der Waals surface area (Å²) in [6.45, 7) is 6.30. The highest BCUT2D eigenvalue weighted by atomic mass is 19.1. The number of nitrogens with one attached hydrogen (secondary N) is 2. The quantitative estimate of drug-likeness (QED) is 0.775. The van der Waals surface area contributed by atoms with Crippen LogP contribution in [0.2, 0.25) is 0 Å². The molecule has 1 saturated heterocycles. The Hall–Kier alpha value is -1.66. The predicted octanol–water partition coefficient (Wildman–Crippen LogP) is 1.00. The largest absolute Gasteiger partial charge is 0.508 e. The van der Waals surface area contributed by atoms with Crippen LogP contribution in [0.4, 0.5) is 4.39 Å². The summed E-state index contributed by atoms with van der Waals surface area (Å²) in [5, 5.41) is 16.0. The van der Waals surface area contributed by atoms with Gasteiger partial charge in [0, 0.05) is 37.8 Å². The molecule has 0 aliphatic carbocycles. The van der Waals surface area contributed by atoms with E-state index in [1.165, 1.54) is 18.2 Å². The summed E-state index contributed by atoms with van der Waals surface area (Å²) in [5.41, 5.74) is 0.506. The van der Waals surface area contributed by atoms with Crippen molar-refractivity contribution in [1.82, 2.24) is 15.5 Å². The number of halogens is 1. The number of aromatic hydroxyl groups is 1. The van der Waals surface area contributed by atoms with Gasteiger partial charge >= 0.3 is 0 Å². The molecule has 1 aliphatic heterocycles. The van der Waals surface area contributed by atoms with Crippen LogP contribution in [0.3, 0.4) is 0 Å². The van der Waals surface area contributed by atoms with E-state index in [0.29, 0.717) is 25.2 Å². The molecule has 1 heterocycles. The molecule has 2 atom stereocenters. The Bertz CT molecular complexity index is 510. The highest BCUT2D eigenvalue weighted by Gasteiger charge is 2.33. The first-order chi connectivity index (χ1) is 10.0. The van der Waals surface area contributed by atoms with Crippen molar-refractivity contribution >= 4 is 5.91 Å². The van der Waals surface area contributed by atoms with E-state index in [9.17, 15) is 14.3 Å². The number of phenolic OH excluding ortho intramolecular Hbond substituents is 1. The molecule has 0 bridgehead atoms. The Morgan fingerprint density at radius 1 is 1.62 bits per heavy atom. The zero-order valence-corrected chi connectivity index (χ0v) is 12.4. The van der Waals surface area contributed by atoms with Crippen molar-refractivity contribution < 1.29 is 14.3 Å². The number of likely N-dealkylation sites (N-methyl/N-ethyl adjacent to an activating group) is 1. The molecule has 1 amide bonds. The SMILES string of the molecule is CCNC(=O)C1CNCCN1C(C)c1cc(F)ccc1O. The number of hydrogen-bond acceptors (Lipinski definition) is 4. The zero-order valence-electron chi connectivity index (χ0n) is 12.4. The lowest BCUT2D eigenvalue weighted by Crippen LogP contribution is -2.58. The molecule has 0 spiro atoms. The van der Waals surface area contributed by atoms with Crippen molar-refractivity contribution in [3.8, 4) is 5.75 Å². The van der Waals surface area contributed by atoms with E-state index < -0.39 is 0 Å². The van der Waals surface area contributed by atoms with Crippen molar-refractivity contribution in [2.75, 3.05) is 26.2 Å². The molecule has 0 saturated carbocycles. The second kappa shape index (κ2) is 6.87. The van der Waals surface area contributed by atoms with Crippen molar-refractivity contribution in [2.24, 2.45) is 0 Å². The van der Waals surface area contributed by atoms with Crippen LogP contribution in [0.5, 0.6) is 5.75 Å². The minimum atomic E-state index is -0.389. The van der Waals surface area contributed by atoms with Gasteiger partial charge in [0.2, 0.25) is 5.91 Å². The van der Waals surface area contributed by atoms with Gasteiger partial charge in [-0.05, 0) is 32.0 Å². The molecule has 1 aliphatic rings. The lowest BCUT2D eigenvalue weighted by atomic mass is 10.0. The van der Waals surface area contributed by atoms with E-state index >= 15 is 0 Å². The summed E-state index contributed by atoms with van der Waals surface area (Å²) in [5.74, 6) is -0.385. The summed E-state index contributed by atoms with van der Waals surface area (Å²) in [6.07, 6.45) is 0. The van der Waals surface area contributed by atoms with E-state index in [1.807, 2.05) is 18.7 Å². The molecule has 5 nitrogen and oxygen atoms in total. The topological polar surface area (TPSA) is 64.6 Å². The molecule has 21 heavy (non-hydrogen) atoms. The van der Waals surface area contributed by atoms with Gasteiger partial charge in [-0.15, -0.1) is 0 Å². The van der Waals surface area contributed by atoms with Crippen LogP contribution in [0.1, 0.15) is 25.5 Å². The normalized spacial score (nSPS) is 21.0. The number of piperazine rings is 1. The lowest BCUT2D eigenvalue weighted by molar-refractivity contribution is -0.128. The Kier molecular flexibility index (Phi) is 5.14. The van der Waals surface area contributed by atoms with Gasteiger partial charge < -0.3 is 15.7 Å². The number of carbonyl (C=O) groups excluding carboxylic acids is 1. The maximum absolute atomic E-state index is 13.4. The number of rotatable bonds is 4. The minimum Gasteiger partial charge on any atom is -0.508 e. The van der Waals surface area contributed by atoms with E-state index in [0.717, 1.165) is 6.54 Å². The molecule has 0 aromatic heterocycles. The van der Waals surface area contributed by atoms with Crippen LogP contribution in [-0.2, 0) is 4.79 Å². The van der Waals surface area contributed by atoms with Gasteiger partial charge in [0.05, 0.1) is 0 Å². The van der Waals surface area contributed by atoms with Crippen LogP contribution in [0, 0.1) is 5.82 Å². The summed E-state index contributed by atoms with van der Waals surface area (Å²) >= 11 is 0. The molecule has 1 aromatic rings. The fourth-order valence-corrected chi connectivity index (χ4v) is 2.76. The third-order valence-electron chi connectivity index (χ3n) is 3.88. The van der Waals surface area contributed by atoms with Crippen molar-refractivity contribution in [1.29, 1.82) is 0 Å². The van der Waals surface area contributed by atoms with Gasteiger partial charge in [0.25, 0.3) is 0 Å². The van der Waals surface area contributed by atoms with Crippen LogP contribution in [0.25, 0.3) is 0 Å². The molecule has 3 N–H and O–H groups in total. The van der Waals surface area contributed by atoms with Crippen molar-refractivity contribution in [3.05, 3.63) is 29.6 Å². The number of benzene rings is 1. The fourth-order valence-electron chi connectivity index (χ4n) is 2.76. The van der Waals surface area contributed by atoms with E-state index in [4.69, 9.17) is 0 Å². The lowest BCUT2D eigenvalue weighted by Gasteiger charge is -2.39. The third kappa shape index (κ3) is 3.51. The molecule has 1 aromatic carbocycles. The van der Waals surface area contributed by atoms with Gasteiger partial charge in [0.1, 0.15) is 17.6 Å². The van der Waals surface area contributed by atoms with E-state index in [1.54, 1.807) is 0 Å².